The zero-order valence-corrected chi connectivity index (χ0v) is 19.1. The summed E-state index contributed by atoms with van der Waals surface area (Å²) < 4.78 is 0. The molecule has 0 saturated carbocycles. The second-order valence-electron chi connectivity index (χ2n) is 8.55. The van der Waals surface area contributed by atoms with Gasteiger partial charge in [-0.15, -0.1) is 0 Å². The fraction of sp³-hybridized carbons (Fsp3) is 0.526. The van der Waals surface area contributed by atoms with E-state index >= 15 is 0 Å². The van der Waals surface area contributed by atoms with Crippen LogP contribution in [0.4, 0.5) is 23.5 Å². The lowest BCUT2D eigenvalue weighted by Crippen LogP contribution is -2.54. The number of hydrogen-bond acceptors (Lipinski definition) is 11. The lowest BCUT2D eigenvalue weighted by molar-refractivity contribution is 0.441. The van der Waals surface area contributed by atoms with Gasteiger partial charge in [-0.05, 0) is 31.0 Å². The molecule has 0 radical (unpaired) electrons. The zero-order valence-electron chi connectivity index (χ0n) is 17.6. The zero-order chi connectivity index (χ0) is 23.0. The molecule has 0 amide bonds. The Morgan fingerprint density at radius 3 is 1.53 bits per heavy atom. The number of benzene rings is 1. The maximum absolute atomic E-state index is 6.39. The molecule has 4 rings (SSSR count). The SMILES string of the molecule is NC1CC(N)CN(c2nc(N3CC(N)CC(N)C3)nc(N(N)c3cc(Cl)cc(Cl)c3)n2)C1. The summed E-state index contributed by atoms with van der Waals surface area (Å²) in [6.45, 7) is 2.29. The predicted molar refractivity (Wildman–Crippen MR) is 128 cm³/mol. The van der Waals surface area contributed by atoms with Gasteiger partial charge in [-0.3, -0.25) is 0 Å². The highest BCUT2D eigenvalue weighted by atomic mass is 35.5. The molecule has 2 aliphatic rings. The number of hydrogen-bond donors (Lipinski definition) is 5. The number of rotatable bonds is 4. The van der Waals surface area contributed by atoms with Crippen LogP contribution >= 0.6 is 23.2 Å². The van der Waals surface area contributed by atoms with E-state index in [0.717, 1.165) is 12.8 Å². The molecular weight excluding hydrogens is 453 g/mol. The molecule has 2 saturated heterocycles. The summed E-state index contributed by atoms with van der Waals surface area (Å²) in [5.74, 6) is 7.49. The van der Waals surface area contributed by atoms with Crippen molar-refractivity contribution in [2.45, 2.75) is 37.0 Å². The van der Waals surface area contributed by atoms with Gasteiger partial charge in [0.05, 0.1) is 5.69 Å². The highest BCUT2D eigenvalue weighted by Crippen LogP contribution is 2.29. The van der Waals surface area contributed by atoms with Gasteiger partial charge in [0.25, 0.3) is 5.95 Å². The number of anilines is 4. The number of piperidine rings is 2. The molecule has 0 bridgehead atoms. The van der Waals surface area contributed by atoms with E-state index in [2.05, 4.69) is 9.97 Å². The number of hydrazine groups is 1. The van der Waals surface area contributed by atoms with Crippen molar-refractivity contribution in [3.05, 3.63) is 28.2 Å². The topological polar surface area (TPSA) is 178 Å². The third-order valence-corrected chi connectivity index (χ3v) is 5.97. The Labute approximate surface area is 196 Å². The molecule has 2 fully saturated rings. The Morgan fingerprint density at radius 2 is 1.12 bits per heavy atom. The molecule has 4 atom stereocenters. The second-order valence-corrected chi connectivity index (χ2v) is 9.43. The van der Waals surface area contributed by atoms with E-state index in [4.69, 9.17) is 57.0 Å². The molecule has 1 aromatic carbocycles. The Bertz CT molecular complexity index is 876. The van der Waals surface area contributed by atoms with Crippen LogP contribution in [0, 0.1) is 0 Å². The first-order valence-corrected chi connectivity index (χ1v) is 11.2. The minimum atomic E-state index is -0.0834. The molecule has 1 aromatic heterocycles. The summed E-state index contributed by atoms with van der Waals surface area (Å²) in [5, 5.41) is 2.21. The number of aromatic nitrogens is 3. The summed E-state index contributed by atoms with van der Waals surface area (Å²) >= 11 is 12.3. The van der Waals surface area contributed by atoms with Crippen LogP contribution in [0.2, 0.25) is 10.0 Å². The summed E-state index contributed by atoms with van der Waals surface area (Å²) in [4.78, 5) is 17.8. The Kier molecular flexibility index (Phi) is 6.86. The average molecular weight is 482 g/mol. The van der Waals surface area contributed by atoms with Crippen molar-refractivity contribution < 1.29 is 0 Å². The molecule has 32 heavy (non-hydrogen) atoms. The van der Waals surface area contributed by atoms with Crippen molar-refractivity contribution in [2.75, 3.05) is 41.0 Å². The summed E-state index contributed by atoms with van der Waals surface area (Å²) in [6, 6.07) is 4.64. The van der Waals surface area contributed by atoms with E-state index in [0.29, 0.717) is 53.8 Å². The Morgan fingerprint density at radius 1 is 0.719 bits per heavy atom. The molecule has 11 nitrogen and oxygen atoms in total. The molecule has 2 aromatic rings. The van der Waals surface area contributed by atoms with E-state index < -0.39 is 0 Å². The van der Waals surface area contributed by atoms with Gasteiger partial charge >= 0.3 is 0 Å². The molecule has 0 spiro atoms. The van der Waals surface area contributed by atoms with Crippen molar-refractivity contribution in [3.63, 3.8) is 0 Å². The van der Waals surface area contributed by atoms with Crippen molar-refractivity contribution >= 4 is 46.7 Å². The average Bonchev–Trinajstić information content (AvgIpc) is 2.70. The van der Waals surface area contributed by atoms with Gasteiger partial charge in [-0.25, -0.2) is 10.9 Å². The van der Waals surface area contributed by atoms with Crippen molar-refractivity contribution in [1.29, 1.82) is 0 Å². The normalized spacial score (nSPS) is 26.3. The van der Waals surface area contributed by atoms with Gasteiger partial charge < -0.3 is 32.7 Å². The molecule has 4 unspecified atom stereocenters. The molecular formula is C19H29Cl2N11. The van der Waals surface area contributed by atoms with Crippen LogP contribution < -0.4 is 43.6 Å². The van der Waals surface area contributed by atoms with E-state index in [-0.39, 0.29) is 30.1 Å². The van der Waals surface area contributed by atoms with Crippen molar-refractivity contribution in [1.82, 2.24) is 15.0 Å². The summed E-state index contributed by atoms with van der Waals surface area (Å²) in [6.07, 6.45) is 1.47. The highest BCUT2D eigenvalue weighted by molar-refractivity contribution is 6.35. The largest absolute Gasteiger partial charge is 0.338 e. The van der Waals surface area contributed by atoms with Crippen molar-refractivity contribution in [2.24, 2.45) is 28.8 Å². The first-order valence-electron chi connectivity index (χ1n) is 10.5. The smallest absolute Gasteiger partial charge is 0.251 e. The van der Waals surface area contributed by atoms with Gasteiger partial charge in [0, 0.05) is 60.4 Å². The van der Waals surface area contributed by atoms with Crippen molar-refractivity contribution in [3.8, 4) is 0 Å². The van der Waals surface area contributed by atoms with Gasteiger partial charge in [0.15, 0.2) is 0 Å². The molecule has 3 heterocycles. The third-order valence-electron chi connectivity index (χ3n) is 5.54. The van der Waals surface area contributed by atoms with Crippen LogP contribution in [0.1, 0.15) is 12.8 Å². The fourth-order valence-electron chi connectivity index (χ4n) is 4.21. The number of halogens is 2. The molecule has 0 aliphatic carbocycles. The van der Waals surface area contributed by atoms with Gasteiger partial charge in [-0.2, -0.15) is 15.0 Å². The first-order chi connectivity index (χ1) is 15.2. The molecule has 10 N–H and O–H groups in total. The standard InChI is InChI=1S/C19H29Cl2N11/c20-10-1-11(21)3-16(2-10)32(26)19-28-17(30-6-12(22)4-13(23)7-30)27-18(29-19)31-8-14(24)5-15(25)9-31/h1-3,12-15H,4-9,22-26H2. The Balaban J connectivity index is 1.74. The monoisotopic (exact) mass is 481 g/mol. The Hall–Kier alpha value is -1.99. The fourth-order valence-corrected chi connectivity index (χ4v) is 4.73. The summed E-state index contributed by atoms with van der Waals surface area (Å²) in [5.41, 5.74) is 25.3. The third kappa shape index (κ3) is 5.31. The van der Waals surface area contributed by atoms with Gasteiger partial charge in [-0.1, -0.05) is 23.2 Å². The second kappa shape index (κ2) is 9.48. The van der Waals surface area contributed by atoms with Crippen LogP contribution in [0.15, 0.2) is 18.2 Å². The minimum Gasteiger partial charge on any atom is -0.338 e. The molecule has 2 aliphatic heterocycles. The predicted octanol–water partition coefficient (Wildman–Crippen LogP) is -0.0804. The van der Waals surface area contributed by atoms with E-state index in [1.807, 2.05) is 9.80 Å². The van der Waals surface area contributed by atoms with Crippen LogP contribution in [0.5, 0.6) is 0 Å². The number of nitrogens with zero attached hydrogens (tertiary/aromatic N) is 6. The van der Waals surface area contributed by atoms with Gasteiger partial charge in [0.1, 0.15) is 0 Å². The molecule has 174 valence electrons. The lowest BCUT2D eigenvalue weighted by atomic mass is 10.0. The van der Waals surface area contributed by atoms with E-state index in [9.17, 15) is 0 Å². The molecule has 13 heteroatoms. The van der Waals surface area contributed by atoms with Crippen LogP contribution in [-0.4, -0.2) is 65.3 Å². The highest BCUT2D eigenvalue weighted by Gasteiger charge is 2.29. The van der Waals surface area contributed by atoms with Crippen LogP contribution in [0.3, 0.4) is 0 Å². The quantitative estimate of drug-likeness (QED) is 0.291. The van der Waals surface area contributed by atoms with E-state index in [1.165, 1.54) is 5.01 Å². The first kappa shape index (κ1) is 23.2. The van der Waals surface area contributed by atoms with E-state index in [1.54, 1.807) is 18.2 Å². The van der Waals surface area contributed by atoms with Crippen LogP contribution in [0.25, 0.3) is 0 Å². The van der Waals surface area contributed by atoms with Crippen LogP contribution in [-0.2, 0) is 0 Å². The number of nitrogens with two attached hydrogens (primary N) is 5. The maximum Gasteiger partial charge on any atom is 0.251 e. The maximum atomic E-state index is 6.39. The summed E-state index contributed by atoms with van der Waals surface area (Å²) in [7, 11) is 0. The lowest BCUT2D eigenvalue weighted by Gasteiger charge is -2.37. The minimum absolute atomic E-state index is 0.0834. The van der Waals surface area contributed by atoms with Gasteiger partial charge in [0.2, 0.25) is 11.9 Å².